The number of carboxylic acid groups (broad SMARTS) is 1. The summed E-state index contributed by atoms with van der Waals surface area (Å²) >= 11 is 1.39. The minimum atomic E-state index is -3.78. The van der Waals surface area contributed by atoms with Gasteiger partial charge in [0.25, 0.3) is 0 Å². The van der Waals surface area contributed by atoms with E-state index in [9.17, 15) is 18.3 Å². The van der Waals surface area contributed by atoms with Crippen LogP contribution in [0.15, 0.2) is 11.0 Å². The third-order valence-corrected chi connectivity index (χ3v) is 6.24. The van der Waals surface area contributed by atoms with E-state index >= 15 is 0 Å². The molecule has 5 nitrogen and oxygen atoms in total. The SMILES string of the molecule is Cc1cc(S(=O)(=O)NC2(C(=O)O)CCCC2)c(C)s1. The minimum Gasteiger partial charge on any atom is -0.480 e. The molecule has 1 heterocycles. The Bertz CT molecular complexity index is 597. The molecule has 0 aliphatic heterocycles. The molecule has 1 aliphatic rings. The van der Waals surface area contributed by atoms with E-state index in [1.807, 2.05) is 6.92 Å². The molecule has 2 N–H and O–H groups in total. The minimum absolute atomic E-state index is 0.197. The Morgan fingerprint density at radius 1 is 1.37 bits per heavy atom. The highest BCUT2D eigenvalue weighted by Gasteiger charge is 2.45. The third kappa shape index (κ3) is 2.68. The lowest BCUT2D eigenvalue weighted by Crippen LogP contribution is -2.52. The van der Waals surface area contributed by atoms with Crippen LogP contribution in [0, 0.1) is 13.8 Å². The number of carbonyl (C=O) groups is 1. The number of rotatable bonds is 4. The van der Waals surface area contributed by atoms with Gasteiger partial charge in [-0.1, -0.05) is 12.8 Å². The van der Waals surface area contributed by atoms with Gasteiger partial charge in [0, 0.05) is 9.75 Å². The molecule has 0 spiro atoms. The Balaban J connectivity index is 2.36. The lowest BCUT2D eigenvalue weighted by molar-refractivity contribution is -0.143. The van der Waals surface area contributed by atoms with E-state index in [0.717, 1.165) is 17.7 Å². The summed E-state index contributed by atoms with van der Waals surface area (Å²) in [6, 6.07) is 1.59. The van der Waals surface area contributed by atoms with E-state index in [2.05, 4.69) is 4.72 Å². The molecule has 1 aromatic rings. The van der Waals surface area contributed by atoms with Crippen molar-refractivity contribution >= 4 is 27.3 Å². The Morgan fingerprint density at radius 3 is 2.37 bits per heavy atom. The molecule has 1 aliphatic carbocycles. The Kier molecular flexibility index (Phi) is 3.72. The van der Waals surface area contributed by atoms with Crippen molar-refractivity contribution in [3.63, 3.8) is 0 Å². The normalized spacial score (nSPS) is 18.6. The van der Waals surface area contributed by atoms with Gasteiger partial charge in [-0.3, -0.25) is 4.79 Å². The molecule has 1 aromatic heterocycles. The van der Waals surface area contributed by atoms with Crippen LogP contribution in [0.2, 0.25) is 0 Å². The smallest absolute Gasteiger partial charge is 0.324 e. The summed E-state index contributed by atoms with van der Waals surface area (Å²) in [5.41, 5.74) is -1.33. The molecule has 0 bridgehead atoms. The number of sulfonamides is 1. The van der Waals surface area contributed by atoms with Gasteiger partial charge in [0.1, 0.15) is 5.54 Å². The molecule has 0 unspecified atom stereocenters. The monoisotopic (exact) mass is 303 g/mol. The van der Waals surface area contributed by atoms with E-state index in [-0.39, 0.29) is 4.90 Å². The first-order chi connectivity index (χ1) is 8.77. The summed E-state index contributed by atoms with van der Waals surface area (Å²) in [7, 11) is -3.78. The number of hydrogen-bond acceptors (Lipinski definition) is 4. The molecule has 0 atom stereocenters. The fraction of sp³-hybridized carbons (Fsp3) is 0.583. The van der Waals surface area contributed by atoms with Crippen LogP contribution < -0.4 is 4.72 Å². The Labute approximate surface area is 116 Å². The van der Waals surface area contributed by atoms with E-state index < -0.39 is 21.5 Å². The van der Waals surface area contributed by atoms with Crippen LogP contribution in [0.25, 0.3) is 0 Å². The summed E-state index contributed by atoms with van der Waals surface area (Å²) < 4.78 is 27.1. The first kappa shape index (κ1) is 14.5. The van der Waals surface area contributed by atoms with E-state index in [1.165, 1.54) is 11.3 Å². The lowest BCUT2D eigenvalue weighted by atomic mass is 10.0. The lowest BCUT2D eigenvalue weighted by Gasteiger charge is -2.24. The fourth-order valence-electron chi connectivity index (χ4n) is 2.52. The van der Waals surface area contributed by atoms with Gasteiger partial charge < -0.3 is 5.11 Å². The predicted molar refractivity (Wildman–Crippen MR) is 72.9 cm³/mol. The molecule has 1 fully saturated rings. The summed E-state index contributed by atoms with van der Waals surface area (Å²) in [5.74, 6) is -1.09. The maximum Gasteiger partial charge on any atom is 0.324 e. The number of carboxylic acids is 1. The van der Waals surface area contributed by atoms with Gasteiger partial charge in [0.15, 0.2) is 0 Å². The standard InChI is InChI=1S/C12H17NO4S2/c1-8-7-10(9(2)18-8)19(16,17)13-12(11(14)15)5-3-4-6-12/h7,13H,3-6H2,1-2H3,(H,14,15). The summed E-state index contributed by atoms with van der Waals surface area (Å²) in [5, 5.41) is 9.32. The number of thiophene rings is 1. The van der Waals surface area contributed by atoms with Crippen molar-refractivity contribution in [2.24, 2.45) is 0 Å². The Morgan fingerprint density at radius 2 is 1.95 bits per heavy atom. The van der Waals surface area contributed by atoms with Crippen molar-refractivity contribution in [2.75, 3.05) is 0 Å². The largest absolute Gasteiger partial charge is 0.480 e. The molecule has 106 valence electrons. The van der Waals surface area contributed by atoms with Crippen molar-refractivity contribution < 1.29 is 18.3 Å². The van der Waals surface area contributed by atoms with E-state index in [4.69, 9.17) is 0 Å². The average molecular weight is 303 g/mol. The van der Waals surface area contributed by atoms with Crippen molar-refractivity contribution in [1.82, 2.24) is 4.72 Å². The number of nitrogens with one attached hydrogen (secondary N) is 1. The first-order valence-corrected chi connectivity index (χ1v) is 8.41. The highest BCUT2D eigenvalue weighted by atomic mass is 32.2. The summed E-state index contributed by atoms with van der Waals surface area (Å²) in [6.45, 7) is 3.56. The number of aliphatic carboxylic acids is 1. The second kappa shape index (κ2) is 4.88. The zero-order chi connectivity index (χ0) is 14.3. The number of hydrogen-bond donors (Lipinski definition) is 2. The fourth-order valence-corrected chi connectivity index (χ4v) is 5.50. The molecule has 2 rings (SSSR count). The maximum atomic E-state index is 12.4. The van der Waals surface area contributed by atoms with Crippen molar-refractivity contribution in [1.29, 1.82) is 0 Å². The summed E-state index contributed by atoms with van der Waals surface area (Å²) in [6.07, 6.45) is 2.17. The van der Waals surface area contributed by atoms with Crippen LogP contribution in [-0.4, -0.2) is 25.0 Å². The molecule has 0 radical (unpaired) electrons. The van der Waals surface area contributed by atoms with E-state index in [1.54, 1.807) is 13.0 Å². The summed E-state index contributed by atoms with van der Waals surface area (Å²) in [4.78, 5) is 13.2. The van der Waals surface area contributed by atoms with Gasteiger partial charge in [-0.2, -0.15) is 4.72 Å². The molecular weight excluding hydrogens is 286 g/mol. The van der Waals surface area contributed by atoms with E-state index in [0.29, 0.717) is 17.7 Å². The van der Waals surface area contributed by atoms with Crippen LogP contribution in [-0.2, 0) is 14.8 Å². The van der Waals surface area contributed by atoms with Gasteiger partial charge in [0.05, 0.1) is 4.90 Å². The molecule has 0 aromatic carbocycles. The molecule has 19 heavy (non-hydrogen) atoms. The zero-order valence-electron chi connectivity index (χ0n) is 10.9. The zero-order valence-corrected chi connectivity index (χ0v) is 12.5. The van der Waals surface area contributed by atoms with Crippen molar-refractivity contribution in [2.45, 2.75) is 50.0 Å². The Hall–Kier alpha value is -0.920. The van der Waals surface area contributed by atoms with Gasteiger partial charge in [-0.15, -0.1) is 11.3 Å². The quantitative estimate of drug-likeness (QED) is 0.891. The van der Waals surface area contributed by atoms with Crippen LogP contribution in [0.3, 0.4) is 0 Å². The van der Waals surface area contributed by atoms with Gasteiger partial charge in [-0.05, 0) is 32.8 Å². The molecule has 0 saturated heterocycles. The van der Waals surface area contributed by atoms with Crippen LogP contribution in [0.1, 0.15) is 35.4 Å². The second-order valence-electron chi connectivity index (χ2n) is 4.98. The maximum absolute atomic E-state index is 12.4. The second-order valence-corrected chi connectivity index (χ2v) is 8.09. The number of aryl methyl sites for hydroxylation is 2. The van der Waals surface area contributed by atoms with Crippen LogP contribution >= 0.6 is 11.3 Å². The first-order valence-electron chi connectivity index (χ1n) is 6.11. The van der Waals surface area contributed by atoms with Crippen LogP contribution in [0.5, 0.6) is 0 Å². The van der Waals surface area contributed by atoms with Gasteiger partial charge in [-0.25, -0.2) is 8.42 Å². The van der Waals surface area contributed by atoms with Crippen molar-refractivity contribution in [3.05, 3.63) is 15.8 Å². The molecule has 1 saturated carbocycles. The highest BCUT2D eigenvalue weighted by Crippen LogP contribution is 2.33. The highest BCUT2D eigenvalue weighted by molar-refractivity contribution is 7.89. The predicted octanol–water partition coefficient (Wildman–Crippen LogP) is 2.04. The van der Waals surface area contributed by atoms with Gasteiger partial charge in [0.2, 0.25) is 10.0 Å². The third-order valence-electron chi connectivity index (χ3n) is 3.48. The van der Waals surface area contributed by atoms with Crippen LogP contribution in [0.4, 0.5) is 0 Å². The van der Waals surface area contributed by atoms with Gasteiger partial charge >= 0.3 is 5.97 Å². The molecular formula is C12H17NO4S2. The molecule has 7 heteroatoms. The molecule has 0 amide bonds. The van der Waals surface area contributed by atoms with Crippen molar-refractivity contribution in [3.8, 4) is 0 Å². The average Bonchev–Trinajstić information content (AvgIpc) is 2.86. The topological polar surface area (TPSA) is 83.5 Å².